The van der Waals surface area contributed by atoms with Gasteiger partial charge in [-0.05, 0) is 39.4 Å². The summed E-state index contributed by atoms with van der Waals surface area (Å²) in [6.07, 6.45) is 0. The van der Waals surface area contributed by atoms with Gasteiger partial charge in [0.15, 0.2) is 10.9 Å². The van der Waals surface area contributed by atoms with Crippen molar-refractivity contribution in [2.45, 2.75) is 0 Å². The summed E-state index contributed by atoms with van der Waals surface area (Å²) in [6, 6.07) is 18.9. The van der Waals surface area contributed by atoms with E-state index in [4.69, 9.17) is 0 Å². The lowest BCUT2D eigenvalue weighted by Crippen LogP contribution is -2.08. The molecule has 102 valence electrons. The van der Waals surface area contributed by atoms with E-state index in [2.05, 4.69) is 0 Å². The molecule has 0 amide bonds. The van der Waals surface area contributed by atoms with Gasteiger partial charge in [-0.1, -0.05) is 48.5 Å². The summed E-state index contributed by atoms with van der Waals surface area (Å²) in [7, 11) is 0. The fourth-order valence-electron chi connectivity index (χ4n) is 3.61. The Bertz CT molecular complexity index is 1210. The van der Waals surface area contributed by atoms with Crippen molar-refractivity contribution in [3.8, 4) is 22.3 Å². The molecule has 2 aromatic carbocycles. The van der Waals surface area contributed by atoms with Gasteiger partial charge in [0.25, 0.3) is 0 Å². The van der Waals surface area contributed by atoms with Gasteiger partial charge >= 0.3 is 0 Å². The summed E-state index contributed by atoms with van der Waals surface area (Å²) >= 11 is 0. The van der Waals surface area contributed by atoms with Crippen molar-refractivity contribution in [2.75, 3.05) is 0 Å². The Balaban J connectivity index is 2.13. The Morgan fingerprint density at radius 2 is 1.27 bits per heavy atom. The number of benzene rings is 3. The van der Waals surface area contributed by atoms with Crippen molar-refractivity contribution in [1.82, 2.24) is 0 Å². The minimum absolute atomic E-state index is 0.0144. The molecule has 0 radical (unpaired) electrons. The van der Waals surface area contributed by atoms with E-state index in [1.165, 1.54) is 0 Å². The molecule has 2 nitrogen and oxygen atoms in total. The first-order valence-corrected chi connectivity index (χ1v) is 7.22. The molecule has 0 atom stereocenters. The average Bonchev–Trinajstić information content (AvgIpc) is 3.05. The van der Waals surface area contributed by atoms with Gasteiger partial charge in [0.1, 0.15) is 0 Å². The van der Waals surface area contributed by atoms with E-state index in [0.717, 1.165) is 27.3 Å². The van der Waals surface area contributed by atoms with Gasteiger partial charge in [0.2, 0.25) is 0 Å². The smallest absolute Gasteiger partial charge is 0.194 e. The largest absolute Gasteiger partial charge is 0.289 e. The van der Waals surface area contributed by atoms with Crippen LogP contribution in [0.25, 0.3) is 43.8 Å². The zero-order valence-corrected chi connectivity index (χ0v) is 11.6. The van der Waals surface area contributed by atoms with Crippen LogP contribution in [0.1, 0.15) is 0 Å². The maximum Gasteiger partial charge on any atom is 0.194 e. The SMILES string of the molecule is O=c1cc2c3ccccc3c(=O)c-2c2cc3ccccc3c1-2. The highest BCUT2D eigenvalue weighted by Crippen LogP contribution is 2.41. The van der Waals surface area contributed by atoms with Crippen LogP contribution in [-0.2, 0) is 0 Å². The van der Waals surface area contributed by atoms with Crippen LogP contribution in [0, 0.1) is 0 Å². The lowest BCUT2D eigenvalue weighted by Gasteiger charge is -2.05. The topological polar surface area (TPSA) is 34.1 Å². The van der Waals surface area contributed by atoms with Crippen LogP contribution in [0.3, 0.4) is 0 Å². The number of hydrogen-bond donors (Lipinski definition) is 0. The highest BCUT2D eigenvalue weighted by Gasteiger charge is 2.25. The molecule has 0 aromatic heterocycles. The molecular formula is C20H10O2. The Morgan fingerprint density at radius 1 is 0.591 bits per heavy atom. The highest BCUT2D eigenvalue weighted by atomic mass is 16.1. The predicted octanol–water partition coefficient (Wildman–Crippen LogP) is 3.80. The highest BCUT2D eigenvalue weighted by molar-refractivity contribution is 6.13. The van der Waals surface area contributed by atoms with Gasteiger partial charge in [-0.3, -0.25) is 9.59 Å². The summed E-state index contributed by atoms with van der Waals surface area (Å²) in [5.41, 5.74) is 2.89. The molecule has 2 aromatic rings. The van der Waals surface area contributed by atoms with E-state index < -0.39 is 0 Å². The van der Waals surface area contributed by atoms with Gasteiger partial charge in [0, 0.05) is 16.5 Å². The van der Waals surface area contributed by atoms with E-state index in [1.54, 1.807) is 6.07 Å². The molecule has 0 unspecified atom stereocenters. The summed E-state index contributed by atoms with van der Waals surface area (Å²) < 4.78 is 0. The average molecular weight is 282 g/mol. The van der Waals surface area contributed by atoms with Crippen LogP contribution in [0.5, 0.6) is 0 Å². The lowest BCUT2D eigenvalue weighted by atomic mass is 9.95. The Kier molecular flexibility index (Phi) is 2.01. The third-order valence-corrected chi connectivity index (χ3v) is 4.55. The van der Waals surface area contributed by atoms with Gasteiger partial charge < -0.3 is 0 Å². The molecule has 0 fully saturated rings. The van der Waals surface area contributed by atoms with Gasteiger partial charge in [-0.25, -0.2) is 0 Å². The standard InChI is InChI=1S/C20H10O2/c21-17-10-15-13-7-3-4-8-14(13)20(22)19(15)16-9-11-5-1-2-6-12(11)18(16)17/h1-10H. The molecule has 0 saturated carbocycles. The minimum Gasteiger partial charge on any atom is -0.289 e. The molecule has 0 saturated heterocycles. The van der Waals surface area contributed by atoms with E-state index in [-0.39, 0.29) is 10.9 Å². The summed E-state index contributed by atoms with van der Waals surface area (Å²) in [6.45, 7) is 0. The lowest BCUT2D eigenvalue weighted by molar-refractivity contribution is 1.59. The first-order valence-electron chi connectivity index (χ1n) is 7.22. The van der Waals surface area contributed by atoms with Crippen molar-refractivity contribution in [1.29, 1.82) is 0 Å². The summed E-state index contributed by atoms with van der Waals surface area (Å²) in [5, 5.41) is 3.49. The van der Waals surface area contributed by atoms with Gasteiger partial charge in [0.05, 0.1) is 0 Å². The Morgan fingerprint density at radius 3 is 2.09 bits per heavy atom. The Labute approximate surface area is 125 Å². The molecule has 5 rings (SSSR count). The molecule has 0 bridgehead atoms. The molecule has 0 heterocycles. The maximum atomic E-state index is 12.8. The summed E-state index contributed by atoms with van der Waals surface area (Å²) in [4.78, 5) is 25.4. The fourth-order valence-corrected chi connectivity index (χ4v) is 3.61. The molecule has 3 aliphatic carbocycles. The van der Waals surface area contributed by atoms with Crippen molar-refractivity contribution >= 4 is 21.5 Å². The van der Waals surface area contributed by atoms with Crippen LogP contribution in [-0.4, -0.2) is 0 Å². The molecule has 22 heavy (non-hydrogen) atoms. The molecule has 2 heteroatoms. The molecule has 0 N–H and O–H groups in total. The van der Waals surface area contributed by atoms with E-state index in [0.29, 0.717) is 16.5 Å². The second kappa shape index (κ2) is 3.80. The molecule has 0 spiro atoms. The third-order valence-electron chi connectivity index (χ3n) is 4.55. The Hall–Kier alpha value is -3.00. The zero-order chi connectivity index (χ0) is 14.8. The quantitative estimate of drug-likeness (QED) is 0.433. The minimum atomic E-state index is -0.0144. The number of fused-ring (bicyclic) bond motifs is 7. The first-order chi connectivity index (χ1) is 10.8. The van der Waals surface area contributed by atoms with Crippen molar-refractivity contribution in [3.05, 3.63) is 81.1 Å². The normalized spacial score (nSPS) is 12.0. The zero-order valence-electron chi connectivity index (χ0n) is 11.6. The van der Waals surface area contributed by atoms with Crippen LogP contribution < -0.4 is 10.9 Å². The molecule has 3 aliphatic rings. The maximum absolute atomic E-state index is 12.8. The first kappa shape index (κ1) is 11.6. The third kappa shape index (κ3) is 1.25. The van der Waals surface area contributed by atoms with Crippen LogP contribution in [0.4, 0.5) is 0 Å². The van der Waals surface area contributed by atoms with Crippen molar-refractivity contribution in [2.24, 2.45) is 0 Å². The number of rotatable bonds is 0. The fraction of sp³-hybridized carbons (Fsp3) is 0. The van der Waals surface area contributed by atoms with Crippen LogP contribution >= 0.6 is 0 Å². The van der Waals surface area contributed by atoms with Crippen LogP contribution in [0.2, 0.25) is 0 Å². The monoisotopic (exact) mass is 282 g/mol. The molecular weight excluding hydrogens is 272 g/mol. The van der Waals surface area contributed by atoms with E-state index >= 15 is 0 Å². The van der Waals surface area contributed by atoms with E-state index in [1.807, 2.05) is 54.6 Å². The summed E-state index contributed by atoms with van der Waals surface area (Å²) in [5.74, 6) is 0. The number of hydrogen-bond acceptors (Lipinski definition) is 2. The van der Waals surface area contributed by atoms with Gasteiger partial charge in [-0.2, -0.15) is 0 Å². The van der Waals surface area contributed by atoms with Crippen molar-refractivity contribution in [3.63, 3.8) is 0 Å². The second-order valence-electron chi connectivity index (χ2n) is 5.69. The van der Waals surface area contributed by atoms with E-state index in [9.17, 15) is 9.59 Å². The second-order valence-corrected chi connectivity index (χ2v) is 5.69. The predicted molar refractivity (Wildman–Crippen MR) is 89.6 cm³/mol. The van der Waals surface area contributed by atoms with Crippen molar-refractivity contribution < 1.29 is 0 Å². The van der Waals surface area contributed by atoms with Crippen LogP contribution in [0.15, 0.2) is 70.3 Å². The van der Waals surface area contributed by atoms with Gasteiger partial charge in [-0.15, -0.1) is 0 Å². The molecule has 0 aliphatic heterocycles.